The summed E-state index contributed by atoms with van der Waals surface area (Å²) in [5.74, 6) is -2.05. The maximum Gasteiger partial charge on any atom is 0.490 e. The smallest absolute Gasteiger partial charge is 0.490 e. The van der Waals surface area contributed by atoms with Crippen LogP contribution in [0.1, 0.15) is 18.5 Å². The third-order valence-corrected chi connectivity index (χ3v) is 6.81. The number of hydrogen-bond acceptors (Lipinski definition) is 7. The number of fused-ring (bicyclic) bond motifs is 1. The number of aromatic nitrogens is 1. The molecule has 0 unspecified atom stereocenters. The number of carbonyl (C=O) groups is 2. The summed E-state index contributed by atoms with van der Waals surface area (Å²) in [6.07, 6.45) is -2.29. The number of nitrogens with two attached hydrogens (primary N) is 1. The second kappa shape index (κ2) is 12.0. The zero-order valence-electron chi connectivity index (χ0n) is 20.5. The van der Waals surface area contributed by atoms with Crippen LogP contribution >= 0.6 is 0 Å². The molecule has 1 saturated heterocycles. The molecule has 0 spiro atoms. The fourth-order valence-corrected chi connectivity index (χ4v) is 4.58. The van der Waals surface area contributed by atoms with Crippen LogP contribution in [0.3, 0.4) is 0 Å². The molecule has 0 bridgehead atoms. The van der Waals surface area contributed by atoms with Gasteiger partial charge < -0.3 is 20.5 Å². The van der Waals surface area contributed by atoms with Gasteiger partial charge in [-0.1, -0.05) is 12.1 Å². The Balaban J connectivity index is 0.000000532. The number of pyridine rings is 1. The highest BCUT2D eigenvalue weighted by Gasteiger charge is 2.38. The summed E-state index contributed by atoms with van der Waals surface area (Å²) in [4.78, 5) is 30.8. The molecule has 39 heavy (non-hydrogen) atoms. The molecule has 3 aromatic rings. The standard InChI is InChI=1S/C22H23N5O4S.C2HF3O2/c1-31-17-8-6-15-7-9-18(13-16(15)12-17)32(29,30)26-19-4-2-10-24-21(19)22(23)25-14-27-11-3-5-20(27)28;3-2(4,5)1(6)7/h2,4,6-10,12-13,26H,3,5,11,14H2,1H3,(H2,23,25);(H,6,7). The molecule has 2 aromatic carbocycles. The number of amidine groups is 1. The van der Waals surface area contributed by atoms with Gasteiger partial charge >= 0.3 is 12.1 Å². The van der Waals surface area contributed by atoms with Crippen molar-refractivity contribution in [3.05, 3.63) is 60.4 Å². The van der Waals surface area contributed by atoms with E-state index in [0.717, 1.165) is 17.2 Å². The Morgan fingerprint density at radius 2 is 1.90 bits per heavy atom. The van der Waals surface area contributed by atoms with Gasteiger partial charge in [0, 0.05) is 19.2 Å². The molecule has 1 aliphatic rings. The Bertz CT molecular complexity index is 1510. The molecule has 208 valence electrons. The van der Waals surface area contributed by atoms with Crippen molar-refractivity contribution in [3.63, 3.8) is 0 Å². The number of aliphatic carboxylic acids is 1. The lowest BCUT2D eigenvalue weighted by atomic mass is 10.1. The van der Waals surface area contributed by atoms with E-state index in [4.69, 9.17) is 20.4 Å². The fraction of sp³-hybridized carbons (Fsp3) is 0.250. The van der Waals surface area contributed by atoms with Crippen molar-refractivity contribution in [1.29, 1.82) is 0 Å². The van der Waals surface area contributed by atoms with Crippen LogP contribution in [0.15, 0.2) is 64.6 Å². The molecule has 1 fully saturated rings. The van der Waals surface area contributed by atoms with Gasteiger partial charge in [0.1, 0.15) is 23.9 Å². The van der Waals surface area contributed by atoms with Gasteiger partial charge in [0.2, 0.25) is 5.91 Å². The first-order chi connectivity index (χ1) is 18.3. The molecule has 2 heterocycles. The van der Waals surface area contributed by atoms with Gasteiger partial charge in [0.25, 0.3) is 10.0 Å². The highest BCUT2D eigenvalue weighted by Crippen LogP contribution is 2.25. The normalized spacial score (nSPS) is 14.1. The summed E-state index contributed by atoms with van der Waals surface area (Å²) >= 11 is 0. The van der Waals surface area contributed by atoms with Crippen LogP contribution in [-0.4, -0.2) is 67.6 Å². The van der Waals surface area contributed by atoms with Crippen molar-refractivity contribution in [2.45, 2.75) is 23.9 Å². The third-order valence-electron chi connectivity index (χ3n) is 5.45. The number of alkyl halides is 3. The number of nitrogens with zero attached hydrogens (tertiary/aromatic N) is 3. The van der Waals surface area contributed by atoms with Crippen LogP contribution < -0.4 is 15.2 Å². The second-order valence-electron chi connectivity index (χ2n) is 8.13. The number of nitrogens with one attached hydrogen (secondary N) is 1. The van der Waals surface area contributed by atoms with Crippen LogP contribution in [0.4, 0.5) is 18.9 Å². The van der Waals surface area contributed by atoms with Crippen molar-refractivity contribution >= 4 is 44.2 Å². The Hall–Kier alpha value is -4.40. The van der Waals surface area contributed by atoms with Crippen molar-refractivity contribution < 1.29 is 41.0 Å². The first-order valence-electron chi connectivity index (χ1n) is 11.3. The van der Waals surface area contributed by atoms with Gasteiger partial charge in [-0.05, 0) is 53.6 Å². The summed E-state index contributed by atoms with van der Waals surface area (Å²) in [6.45, 7) is 0.740. The molecule has 15 heteroatoms. The number of likely N-dealkylation sites (tertiary alicyclic amines) is 1. The van der Waals surface area contributed by atoms with Gasteiger partial charge in [-0.3, -0.25) is 14.5 Å². The predicted octanol–water partition coefficient (Wildman–Crippen LogP) is 2.96. The molecule has 1 aromatic heterocycles. The van der Waals surface area contributed by atoms with E-state index in [0.29, 0.717) is 18.7 Å². The van der Waals surface area contributed by atoms with Crippen LogP contribution in [-0.2, 0) is 19.6 Å². The van der Waals surface area contributed by atoms with Crippen LogP contribution in [0.5, 0.6) is 5.75 Å². The zero-order valence-corrected chi connectivity index (χ0v) is 21.3. The number of aliphatic imine (C=N–C) groups is 1. The Morgan fingerprint density at radius 3 is 2.51 bits per heavy atom. The van der Waals surface area contributed by atoms with E-state index in [1.54, 1.807) is 42.3 Å². The summed E-state index contributed by atoms with van der Waals surface area (Å²) < 4.78 is 65.7. The predicted molar refractivity (Wildman–Crippen MR) is 136 cm³/mol. The summed E-state index contributed by atoms with van der Waals surface area (Å²) in [7, 11) is -2.37. The summed E-state index contributed by atoms with van der Waals surface area (Å²) in [5.41, 5.74) is 6.48. The van der Waals surface area contributed by atoms with Crippen LogP contribution in [0, 0.1) is 0 Å². The van der Waals surface area contributed by atoms with Crippen molar-refractivity contribution in [2.24, 2.45) is 10.7 Å². The molecular formula is C24H24F3N5O6S. The van der Waals surface area contributed by atoms with E-state index >= 15 is 0 Å². The summed E-state index contributed by atoms with van der Waals surface area (Å²) in [5, 5.41) is 8.75. The minimum Gasteiger partial charge on any atom is -0.497 e. The Labute approximate surface area is 221 Å². The first kappa shape index (κ1) is 29.2. The number of anilines is 1. The number of hydrogen-bond donors (Lipinski definition) is 3. The van der Waals surface area contributed by atoms with Gasteiger partial charge in [-0.15, -0.1) is 0 Å². The number of carbonyl (C=O) groups excluding carboxylic acids is 1. The SMILES string of the molecule is COc1ccc2ccc(S(=O)(=O)Nc3cccnc3C(N)=NCN3CCCC3=O)cc2c1.O=C(O)C(F)(F)F. The van der Waals surface area contributed by atoms with Crippen LogP contribution in [0.25, 0.3) is 10.8 Å². The zero-order chi connectivity index (χ0) is 28.8. The largest absolute Gasteiger partial charge is 0.497 e. The minimum absolute atomic E-state index is 0.0245. The van der Waals surface area contributed by atoms with Gasteiger partial charge in [-0.25, -0.2) is 18.2 Å². The van der Waals surface area contributed by atoms with E-state index in [1.807, 2.05) is 12.1 Å². The molecule has 1 aliphatic heterocycles. The number of methoxy groups -OCH3 is 1. The Morgan fingerprint density at radius 1 is 1.21 bits per heavy atom. The van der Waals surface area contributed by atoms with Gasteiger partial charge in [0.15, 0.2) is 0 Å². The monoisotopic (exact) mass is 567 g/mol. The molecule has 0 aliphatic carbocycles. The summed E-state index contributed by atoms with van der Waals surface area (Å²) in [6, 6.07) is 13.5. The molecule has 1 amide bonds. The quantitative estimate of drug-likeness (QED) is 0.290. The fourth-order valence-electron chi connectivity index (χ4n) is 3.48. The van der Waals surface area contributed by atoms with Crippen molar-refractivity contribution in [1.82, 2.24) is 9.88 Å². The average Bonchev–Trinajstić information content (AvgIpc) is 3.31. The lowest BCUT2D eigenvalue weighted by Gasteiger charge is -2.14. The van der Waals surface area contributed by atoms with E-state index in [2.05, 4.69) is 14.7 Å². The number of halogens is 3. The number of carboxylic acids is 1. The minimum atomic E-state index is -5.08. The number of ether oxygens (including phenoxy) is 1. The topological polar surface area (TPSA) is 164 Å². The van der Waals surface area contributed by atoms with E-state index in [9.17, 15) is 26.4 Å². The molecule has 4 N–H and O–H groups in total. The van der Waals surface area contributed by atoms with E-state index in [1.165, 1.54) is 12.3 Å². The highest BCUT2D eigenvalue weighted by molar-refractivity contribution is 7.92. The number of sulfonamides is 1. The van der Waals surface area contributed by atoms with Gasteiger partial charge in [0.05, 0.1) is 17.7 Å². The number of amides is 1. The maximum atomic E-state index is 13.1. The van der Waals surface area contributed by atoms with Crippen molar-refractivity contribution in [3.8, 4) is 5.75 Å². The molecule has 0 saturated carbocycles. The highest BCUT2D eigenvalue weighted by atomic mass is 32.2. The maximum absolute atomic E-state index is 13.1. The van der Waals surface area contributed by atoms with E-state index < -0.39 is 22.2 Å². The molecular weight excluding hydrogens is 543 g/mol. The number of carboxylic acid groups (broad SMARTS) is 1. The average molecular weight is 568 g/mol. The molecule has 0 atom stereocenters. The molecule has 11 nitrogen and oxygen atoms in total. The van der Waals surface area contributed by atoms with Crippen molar-refractivity contribution in [2.75, 3.05) is 25.0 Å². The Kier molecular flexibility index (Phi) is 8.96. The van der Waals surface area contributed by atoms with E-state index in [-0.39, 0.29) is 34.7 Å². The number of benzene rings is 2. The second-order valence-corrected chi connectivity index (χ2v) is 9.81. The van der Waals surface area contributed by atoms with Crippen LogP contribution in [0.2, 0.25) is 0 Å². The molecule has 4 rings (SSSR count). The first-order valence-corrected chi connectivity index (χ1v) is 12.7. The number of rotatable bonds is 7. The van der Waals surface area contributed by atoms with Gasteiger partial charge in [-0.2, -0.15) is 13.2 Å². The molecule has 0 radical (unpaired) electrons. The third kappa shape index (κ3) is 7.56. The lowest BCUT2D eigenvalue weighted by Crippen LogP contribution is -2.27. The lowest BCUT2D eigenvalue weighted by molar-refractivity contribution is -0.192.